The quantitative estimate of drug-likeness (QED) is 0.174. The molecule has 1 aliphatic rings. The first kappa shape index (κ1) is 34.7. The second-order valence-electron chi connectivity index (χ2n) is 16.3. The van der Waals surface area contributed by atoms with Crippen LogP contribution in [0.25, 0.3) is 111 Å². The Labute approximate surface area is 357 Å². The number of hydrogen-bond acceptors (Lipinski definition) is 3. The normalized spacial score (nSPS) is 12.8. The second-order valence-corrected chi connectivity index (χ2v) is 16.3. The van der Waals surface area contributed by atoms with Crippen molar-refractivity contribution in [1.29, 1.82) is 0 Å². The van der Waals surface area contributed by atoms with E-state index in [0.29, 0.717) is 11.6 Å². The van der Waals surface area contributed by atoms with E-state index in [-0.39, 0.29) is 0 Å². The second kappa shape index (κ2) is 13.7. The van der Waals surface area contributed by atoms with Crippen molar-refractivity contribution in [3.05, 3.63) is 211 Å². The molecular weight excluding hydrogens is 755 g/mol. The van der Waals surface area contributed by atoms with Crippen LogP contribution in [-0.2, 0) is 6.42 Å². The van der Waals surface area contributed by atoms with E-state index in [9.17, 15) is 0 Å². The summed E-state index contributed by atoms with van der Waals surface area (Å²) in [4.78, 5) is 15.3. The highest BCUT2D eigenvalue weighted by Gasteiger charge is 2.24. The Balaban J connectivity index is 1.00. The maximum atomic E-state index is 5.16. The van der Waals surface area contributed by atoms with Gasteiger partial charge in [-0.25, -0.2) is 15.0 Å². The van der Waals surface area contributed by atoms with Crippen molar-refractivity contribution in [2.45, 2.75) is 12.8 Å². The van der Waals surface area contributed by atoms with Crippen molar-refractivity contribution in [2.75, 3.05) is 0 Å². The van der Waals surface area contributed by atoms with Crippen molar-refractivity contribution in [3.63, 3.8) is 0 Å². The van der Waals surface area contributed by atoms with Crippen LogP contribution in [0, 0.1) is 0 Å². The summed E-state index contributed by atoms with van der Waals surface area (Å²) in [5.41, 5.74) is 12.7. The molecule has 0 saturated carbocycles. The number of aromatic nitrogens is 5. The van der Waals surface area contributed by atoms with Crippen LogP contribution in [0.4, 0.5) is 0 Å². The summed E-state index contributed by atoms with van der Waals surface area (Å²) in [6.45, 7) is 0. The number of para-hydroxylation sites is 2. The van der Waals surface area contributed by atoms with Gasteiger partial charge in [-0.15, -0.1) is 0 Å². The lowest BCUT2D eigenvalue weighted by atomic mass is 9.91. The third-order valence-electron chi connectivity index (χ3n) is 12.8. The summed E-state index contributed by atoms with van der Waals surface area (Å²) in [5, 5.41) is 9.90. The van der Waals surface area contributed by atoms with E-state index in [4.69, 9.17) is 15.0 Å². The maximum absolute atomic E-state index is 5.16. The zero-order chi connectivity index (χ0) is 40.7. The Morgan fingerprint density at radius 3 is 1.89 bits per heavy atom. The molecule has 13 rings (SSSR count). The van der Waals surface area contributed by atoms with Crippen LogP contribution >= 0.6 is 0 Å². The largest absolute Gasteiger partial charge is 0.309 e. The first-order chi connectivity index (χ1) is 30.7. The molecule has 62 heavy (non-hydrogen) atoms. The van der Waals surface area contributed by atoms with E-state index in [1.165, 1.54) is 70.9 Å². The van der Waals surface area contributed by atoms with E-state index >= 15 is 0 Å². The zero-order valence-corrected chi connectivity index (χ0v) is 33.7. The minimum absolute atomic E-state index is 0.680. The van der Waals surface area contributed by atoms with Crippen LogP contribution in [0.5, 0.6) is 0 Å². The van der Waals surface area contributed by atoms with Gasteiger partial charge < -0.3 is 9.13 Å². The minimum Gasteiger partial charge on any atom is -0.309 e. The molecule has 3 aromatic heterocycles. The predicted octanol–water partition coefficient (Wildman–Crippen LogP) is 14.2. The molecule has 0 spiro atoms. The van der Waals surface area contributed by atoms with Gasteiger partial charge in [-0.1, -0.05) is 146 Å². The lowest BCUT2D eigenvalue weighted by molar-refractivity contribution is 0.953. The molecule has 5 heteroatoms. The van der Waals surface area contributed by atoms with Gasteiger partial charge in [-0.3, -0.25) is 0 Å². The summed E-state index contributed by atoms with van der Waals surface area (Å²) in [5.74, 6) is 2.09. The molecule has 0 atom stereocenters. The van der Waals surface area contributed by atoms with Crippen molar-refractivity contribution in [3.8, 4) is 34.2 Å². The topological polar surface area (TPSA) is 48.5 Å². The Morgan fingerprint density at radius 2 is 1.03 bits per heavy atom. The molecule has 290 valence electrons. The van der Waals surface area contributed by atoms with Crippen LogP contribution in [0.3, 0.4) is 0 Å². The Hall–Kier alpha value is -8.15. The highest BCUT2D eigenvalue weighted by molar-refractivity contribution is 6.30. The van der Waals surface area contributed by atoms with Gasteiger partial charge in [-0.05, 0) is 106 Å². The van der Waals surface area contributed by atoms with Gasteiger partial charge >= 0.3 is 0 Å². The van der Waals surface area contributed by atoms with Crippen molar-refractivity contribution in [1.82, 2.24) is 24.1 Å². The van der Waals surface area contributed by atoms with Gasteiger partial charge in [0.05, 0.1) is 22.1 Å². The van der Waals surface area contributed by atoms with Crippen molar-refractivity contribution >= 4 is 76.8 Å². The molecule has 0 fully saturated rings. The Bertz CT molecular complexity index is 3800. The van der Waals surface area contributed by atoms with E-state index in [1.807, 2.05) is 18.2 Å². The van der Waals surface area contributed by atoms with E-state index in [2.05, 4.69) is 191 Å². The molecule has 3 heterocycles. The molecule has 0 saturated heterocycles. The van der Waals surface area contributed by atoms with E-state index in [1.54, 1.807) is 0 Å². The lowest BCUT2D eigenvalue weighted by Gasteiger charge is -2.19. The predicted molar refractivity (Wildman–Crippen MR) is 257 cm³/mol. The molecule has 12 aromatic rings. The van der Waals surface area contributed by atoms with E-state index < -0.39 is 0 Å². The first-order valence-corrected chi connectivity index (χ1v) is 21.3. The molecule has 0 N–H and O–H groups in total. The molecule has 0 aliphatic heterocycles. The fourth-order valence-electron chi connectivity index (χ4n) is 9.94. The molecule has 9 aromatic carbocycles. The van der Waals surface area contributed by atoms with Gasteiger partial charge in [0.1, 0.15) is 0 Å². The fraction of sp³-hybridized carbons (Fsp3) is 0.0351. The van der Waals surface area contributed by atoms with Gasteiger partial charge in [0, 0.05) is 44.0 Å². The van der Waals surface area contributed by atoms with Gasteiger partial charge in [0.15, 0.2) is 17.5 Å². The first-order valence-electron chi connectivity index (χ1n) is 21.3. The molecule has 5 nitrogen and oxygen atoms in total. The standard InChI is InChI=1S/C57H37N5/c1-3-15-38(16-4-1)55-58-56(42-25-23-36-13-7-8-17-39(36)33-42)60-57(59-55)43-26-24-41-35-45(29-27-40(41)34-43)62-50-31-28-37-14-9-10-20-46(37)52(50)48-30-32-51-53(54(48)62)47-21-11-12-22-49(47)61(51)44-18-5-2-6-19-44/h1-23,25,27-35H,24,26H2. The van der Waals surface area contributed by atoms with E-state index in [0.717, 1.165) is 52.1 Å². The van der Waals surface area contributed by atoms with Gasteiger partial charge in [-0.2, -0.15) is 0 Å². The molecular formula is C57H37N5. The number of fused-ring (bicyclic) bond motifs is 11. The summed E-state index contributed by atoms with van der Waals surface area (Å²) in [6, 6.07) is 69.7. The average molecular weight is 792 g/mol. The number of allylic oxidation sites excluding steroid dienone is 1. The van der Waals surface area contributed by atoms with Crippen LogP contribution in [0.1, 0.15) is 23.4 Å². The summed E-state index contributed by atoms with van der Waals surface area (Å²) in [6.07, 6.45) is 3.98. The molecule has 0 amide bonds. The summed E-state index contributed by atoms with van der Waals surface area (Å²) < 4.78 is 4.94. The highest BCUT2D eigenvalue weighted by Crippen LogP contribution is 2.44. The number of rotatable bonds is 5. The monoisotopic (exact) mass is 791 g/mol. The van der Waals surface area contributed by atoms with Crippen LogP contribution in [0.15, 0.2) is 194 Å². The smallest absolute Gasteiger partial charge is 0.164 e. The molecule has 0 unspecified atom stereocenters. The number of nitrogens with zero attached hydrogens (tertiary/aromatic N) is 5. The Morgan fingerprint density at radius 1 is 0.371 bits per heavy atom. The molecule has 1 aliphatic carbocycles. The third kappa shape index (κ3) is 5.38. The van der Waals surface area contributed by atoms with Crippen LogP contribution in [0.2, 0.25) is 0 Å². The SMILES string of the molecule is C1=C(c2nc(-c3ccccc3)nc(-c3ccc4ccccc4c3)n2)CCc2cc(-n3c4ccc5ccccc5c4c4ccc5c(c6ccccc6n5-c5ccccc5)c43)ccc21. The third-order valence-corrected chi connectivity index (χ3v) is 12.8. The zero-order valence-electron chi connectivity index (χ0n) is 33.7. The summed E-state index contributed by atoms with van der Waals surface area (Å²) in [7, 11) is 0. The lowest BCUT2D eigenvalue weighted by Crippen LogP contribution is -2.07. The van der Waals surface area contributed by atoms with Gasteiger partial charge in [0.25, 0.3) is 0 Å². The molecule has 0 bridgehead atoms. The minimum atomic E-state index is 0.680. The Kier molecular flexibility index (Phi) is 7.66. The number of hydrogen-bond donors (Lipinski definition) is 0. The van der Waals surface area contributed by atoms with Crippen LogP contribution in [-0.4, -0.2) is 24.1 Å². The van der Waals surface area contributed by atoms with Crippen molar-refractivity contribution in [2.24, 2.45) is 0 Å². The molecule has 0 radical (unpaired) electrons. The number of benzene rings is 9. The maximum Gasteiger partial charge on any atom is 0.164 e. The highest BCUT2D eigenvalue weighted by atomic mass is 15.0. The number of aryl methyl sites for hydroxylation is 1. The van der Waals surface area contributed by atoms with Gasteiger partial charge in [0.2, 0.25) is 0 Å². The average Bonchev–Trinajstić information content (AvgIpc) is 3.87. The summed E-state index contributed by atoms with van der Waals surface area (Å²) >= 11 is 0. The fourth-order valence-corrected chi connectivity index (χ4v) is 9.94. The van der Waals surface area contributed by atoms with Crippen molar-refractivity contribution < 1.29 is 0 Å². The van der Waals surface area contributed by atoms with Crippen LogP contribution < -0.4 is 0 Å².